The second kappa shape index (κ2) is 12.1. The Bertz CT molecular complexity index is 1180. The van der Waals surface area contributed by atoms with E-state index in [-0.39, 0.29) is 25.0 Å². The Hall–Kier alpha value is -3.32. The lowest BCUT2D eigenvalue weighted by Crippen LogP contribution is -2.25. The van der Waals surface area contributed by atoms with Crippen molar-refractivity contribution in [2.45, 2.75) is 46.6 Å². The smallest absolute Gasteiger partial charge is 0.305 e. The molecule has 0 fully saturated rings. The molecule has 0 aliphatic rings. The number of hydrogen-bond acceptors (Lipinski definition) is 5. The van der Waals surface area contributed by atoms with E-state index >= 15 is 0 Å². The quantitative estimate of drug-likeness (QED) is 0.310. The summed E-state index contributed by atoms with van der Waals surface area (Å²) in [5, 5.41) is 11.4. The molecular weight excluding hydrogens is 472 g/mol. The van der Waals surface area contributed by atoms with Gasteiger partial charge in [0.1, 0.15) is 11.9 Å². The van der Waals surface area contributed by atoms with Gasteiger partial charge in [0.05, 0.1) is 11.3 Å². The number of aryl methyl sites for hydroxylation is 2. The monoisotopic (exact) mass is 508 g/mol. The van der Waals surface area contributed by atoms with Crippen LogP contribution in [-0.2, 0) is 4.79 Å². The fourth-order valence-corrected chi connectivity index (χ4v) is 5.17. The molecule has 0 radical (unpaired) electrons. The van der Waals surface area contributed by atoms with Crippen molar-refractivity contribution in [1.82, 2.24) is 5.32 Å². The van der Waals surface area contributed by atoms with Crippen LogP contribution in [0.15, 0.2) is 48.5 Å². The van der Waals surface area contributed by atoms with E-state index in [1.807, 2.05) is 20.2 Å². The van der Waals surface area contributed by atoms with Gasteiger partial charge in [-0.05, 0) is 84.8 Å². The highest BCUT2D eigenvalue weighted by atomic mass is 32.1. The number of benzene rings is 2. The number of carboxylic acid groups (broad SMARTS) is 1. The van der Waals surface area contributed by atoms with Crippen LogP contribution in [0.4, 0.5) is 5.69 Å². The predicted octanol–water partition coefficient (Wildman–Crippen LogP) is 6.47. The van der Waals surface area contributed by atoms with Crippen LogP contribution in [0.1, 0.15) is 58.5 Å². The van der Waals surface area contributed by atoms with Gasteiger partial charge < -0.3 is 20.1 Å². The average molecular weight is 509 g/mol. The molecule has 6 nitrogen and oxygen atoms in total. The molecule has 2 N–H and O–H groups in total. The molecule has 3 rings (SSSR count). The third kappa shape index (κ3) is 7.10. The van der Waals surface area contributed by atoms with Crippen molar-refractivity contribution >= 4 is 28.9 Å². The first-order valence-corrected chi connectivity index (χ1v) is 13.0. The highest BCUT2D eigenvalue weighted by Crippen LogP contribution is 2.36. The minimum atomic E-state index is -0.935. The van der Waals surface area contributed by atoms with Gasteiger partial charge in [-0.1, -0.05) is 26.0 Å². The van der Waals surface area contributed by atoms with Crippen molar-refractivity contribution in [2.24, 2.45) is 5.92 Å². The van der Waals surface area contributed by atoms with Crippen LogP contribution in [0.2, 0.25) is 0 Å². The Kier molecular flexibility index (Phi) is 9.15. The fraction of sp³-hybridized carbons (Fsp3) is 0.379. The van der Waals surface area contributed by atoms with Crippen molar-refractivity contribution in [1.29, 1.82) is 0 Å². The first-order valence-electron chi connectivity index (χ1n) is 12.2. The maximum absolute atomic E-state index is 12.4. The van der Waals surface area contributed by atoms with E-state index in [1.54, 1.807) is 6.07 Å². The molecule has 2 aromatic carbocycles. The molecule has 0 bridgehead atoms. The SMILES string of the molecule is Cc1cc(O[C@H](CC(C)C)c2ccc(C(=O)NCCC(=O)O)s2)cc(C)c1-c1ccc(N(C)C)cc1. The molecule has 7 heteroatoms. The van der Waals surface area contributed by atoms with E-state index in [0.717, 1.165) is 33.9 Å². The number of amides is 1. The topological polar surface area (TPSA) is 78.9 Å². The number of carbonyl (C=O) groups excluding carboxylic acids is 1. The van der Waals surface area contributed by atoms with Crippen LogP contribution in [0.3, 0.4) is 0 Å². The fourth-order valence-electron chi connectivity index (χ4n) is 4.21. The Morgan fingerprint density at radius 3 is 2.22 bits per heavy atom. The van der Waals surface area contributed by atoms with Gasteiger partial charge in [0, 0.05) is 31.2 Å². The van der Waals surface area contributed by atoms with Crippen LogP contribution in [-0.4, -0.2) is 37.6 Å². The predicted molar refractivity (Wildman–Crippen MR) is 147 cm³/mol. The van der Waals surface area contributed by atoms with Gasteiger partial charge in [-0.25, -0.2) is 0 Å². The molecule has 0 saturated heterocycles. The number of rotatable bonds is 11. The third-order valence-corrected chi connectivity index (χ3v) is 7.11. The van der Waals surface area contributed by atoms with E-state index in [9.17, 15) is 9.59 Å². The maximum Gasteiger partial charge on any atom is 0.305 e. The van der Waals surface area contributed by atoms with E-state index in [1.165, 1.54) is 22.5 Å². The zero-order valence-electron chi connectivity index (χ0n) is 21.9. The van der Waals surface area contributed by atoms with Gasteiger partial charge in [-0.3, -0.25) is 9.59 Å². The van der Waals surface area contributed by atoms with Gasteiger partial charge >= 0.3 is 5.97 Å². The van der Waals surface area contributed by atoms with Crippen molar-refractivity contribution in [2.75, 3.05) is 25.5 Å². The molecule has 0 aliphatic carbocycles. The maximum atomic E-state index is 12.4. The van der Waals surface area contributed by atoms with Crippen LogP contribution < -0.4 is 15.0 Å². The summed E-state index contributed by atoms with van der Waals surface area (Å²) in [5.41, 5.74) is 5.85. The van der Waals surface area contributed by atoms with Crippen molar-refractivity contribution in [3.8, 4) is 16.9 Å². The second-order valence-corrected chi connectivity index (χ2v) is 10.8. The molecule has 1 atom stereocenters. The number of ether oxygens (including phenoxy) is 1. The molecule has 36 heavy (non-hydrogen) atoms. The lowest BCUT2D eigenvalue weighted by molar-refractivity contribution is -0.136. The standard InChI is InChI=1S/C29H36N2O4S/c1-18(2)15-24(25-11-12-26(36-25)29(34)30-14-13-27(32)33)35-23-16-19(3)28(20(4)17-23)21-7-9-22(10-8-21)31(5)6/h7-12,16-18,24H,13-15H2,1-6H3,(H,30,34)(H,32,33)/t24-/m1/s1. The summed E-state index contributed by atoms with van der Waals surface area (Å²) < 4.78 is 6.51. The zero-order chi connectivity index (χ0) is 26.4. The number of aliphatic carboxylic acids is 1. The van der Waals surface area contributed by atoms with Gasteiger partial charge in [0.2, 0.25) is 0 Å². The molecule has 1 heterocycles. The summed E-state index contributed by atoms with van der Waals surface area (Å²) in [4.78, 5) is 26.8. The Morgan fingerprint density at radius 2 is 1.67 bits per heavy atom. The summed E-state index contributed by atoms with van der Waals surface area (Å²) in [7, 11) is 4.07. The van der Waals surface area contributed by atoms with Crippen LogP contribution in [0, 0.1) is 19.8 Å². The Morgan fingerprint density at radius 1 is 1.03 bits per heavy atom. The summed E-state index contributed by atoms with van der Waals surface area (Å²) in [5.74, 6) is 0.0219. The first-order chi connectivity index (χ1) is 17.0. The summed E-state index contributed by atoms with van der Waals surface area (Å²) in [6.45, 7) is 8.63. The van der Waals surface area contributed by atoms with Gasteiger partial charge in [-0.15, -0.1) is 11.3 Å². The molecule has 0 spiro atoms. The first kappa shape index (κ1) is 27.3. The normalized spacial score (nSPS) is 11.9. The highest BCUT2D eigenvalue weighted by molar-refractivity contribution is 7.14. The lowest BCUT2D eigenvalue weighted by atomic mass is 9.95. The number of thiophene rings is 1. The summed E-state index contributed by atoms with van der Waals surface area (Å²) in [6.07, 6.45) is 0.531. The zero-order valence-corrected chi connectivity index (χ0v) is 22.7. The number of nitrogens with one attached hydrogen (secondary N) is 1. The number of carbonyl (C=O) groups is 2. The Labute approximate surface area is 217 Å². The number of anilines is 1. The number of carboxylic acids is 1. The third-order valence-electron chi connectivity index (χ3n) is 5.93. The molecule has 3 aromatic rings. The average Bonchev–Trinajstić information content (AvgIpc) is 3.28. The van der Waals surface area contributed by atoms with Gasteiger partial charge in [-0.2, -0.15) is 0 Å². The van der Waals surface area contributed by atoms with Gasteiger partial charge in [0.15, 0.2) is 0 Å². The highest BCUT2D eigenvalue weighted by Gasteiger charge is 2.21. The number of nitrogens with zero attached hydrogens (tertiary/aromatic N) is 1. The molecule has 1 amide bonds. The van der Waals surface area contributed by atoms with Crippen molar-refractivity contribution in [3.05, 3.63) is 69.4 Å². The van der Waals surface area contributed by atoms with E-state index < -0.39 is 5.97 Å². The Balaban J connectivity index is 1.81. The summed E-state index contributed by atoms with van der Waals surface area (Å²) >= 11 is 1.39. The lowest BCUT2D eigenvalue weighted by Gasteiger charge is -2.22. The summed E-state index contributed by atoms with van der Waals surface area (Å²) in [6, 6.07) is 16.5. The molecule has 0 saturated carbocycles. The second-order valence-electron chi connectivity index (χ2n) is 9.71. The molecule has 0 aliphatic heterocycles. The van der Waals surface area contributed by atoms with Crippen molar-refractivity contribution in [3.63, 3.8) is 0 Å². The molecule has 0 unspecified atom stereocenters. The molecule has 192 valence electrons. The van der Waals surface area contributed by atoms with E-state index in [2.05, 4.69) is 74.3 Å². The van der Waals surface area contributed by atoms with Crippen LogP contribution in [0.25, 0.3) is 11.1 Å². The largest absolute Gasteiger partial charge is 0.485 e. The van der Waals surface area contributed by atoms with E-state index in [4.69, 9.17) is 9.84 Å². The number of hydrogen-bond donors (Lipinski definition) is 2. The molecule has 1 aromatic heterocycles. The van der Waals surface area contributed by atoms with Crippen molar-refractivity contribution < 1.29 is 19.4 Å². The van der Waals surface area contributed by atoms with Gasteiger partial charge in [0.25, 0.3) is 5.91 Å². The molecular formula is C29H36N2O4S. The minimum Gasteiger partial charge on any atom is -0.485 e. The minimum absolute atomic E-state index is 0.0997. The van der Waals surface area contributed by atoms with Crippen LogP contribution >= 0.6 is 11.3 Å². The van der Waals surface area contributed by atoms with E-state index in [0.29, 0.717) is 10.8 Å². The van der Waals surface area contributed by atoms with Crippen LogP contribution in [0.5, 0.6) is 5.75 Å².